The Morgan fingerprint density at radius 3 is 2.24 bits per heavy atom. The van der Waals surface area contributed by atoms with Gasteiger partial charge in [0.1, 0.15) is 6.10 Å². The normalized spacial score (nSPS) is 48.9. The van der Waals surface area contributed by atoms with Crippen molar-refractivity contribution < 1.29 is 29.3 Å². The number of carbonyl (C=O) groups excluding carboxylic acids is 2. The maximum atomic E-state index is 12.1. The van der Waals surface area contributed by atoms with Gasteiger partial charge >= 0.3 is 11.9 Å². The third-order valence-corrected chi connectivity index (χ3v) is 10.9. The number of aliphatic hydroxyl groups is 2. The van der Waals surface area contributed by atoms with Crippen molar-refractivity contribution in [3.63, 3.8) is 0 Å². The molecule has 0 heterocycles. The first kappa shape index (κ1) is 25.0. The first-order valence-electron chi connectivity index (χ1n) is 13.1. The highest BCUT2D eigenvalue weighted by Gasteiger charge is 2.68. The van der Waals surface area contributed by atoms with Gasteiger partial charge in [0.05, 0.1) is 17.8 Å². The van der Waals surface area contributed by atoms with Crippen molar-refractivity contribution in [3.8, 4) is 0 Å². The molecule has 0 aromatic carbocycles. The smallest absolute Gasteiger partial charge is 0.302 e. The Hall–Kier alpha value is -1.14. The molecule has 0 bridgehead atoms. The van der Waals surface area contributed by atoms with E-state index in [1.807, 2.05) is 0 Å². The minimum Gasteiger partial charge on any atom is -0.466 e. The van der Waals surface area contributed by atoms with Crippen LogP contribution < -0.4 is 0 Å². The van der Waals surface area contributed by atoms with Gasteiger partial charge in [0, 0.05) is 20.3 Å². The number of carbonyl (C=O) groups is 2. The van der Waals surface area contributed by atoms with Crippen LogP contribution in [0.5, 0.6) is 0 Å². The molecule has 4 saturated carbocycles. The van der Waals surface area contributed by atoms with Crippen LogP contribution in [0.4, 0.5) is 0 Å². The Morgan fingerprint density at radius 1 is 0.939 bits per heavy atom. The predicted molar refractivity (Wildman–Crippen MR) is 124 cm³/mol. The van der Waals surface area contributed by atoms with E-state index >= 15 is 0 Å². The van der Waals surface area contributed by atoms with Crippen LogP contribution in [0.15, 0.2) is 0 Å². The second-order valence-corrected chi connectivity index (χ2v) is 12.3. The molecular weight excluding hydrogens is 420 g/mol. The average molecular weight is 465 g/mol. The maximum absolute atomic E-state index is 12.1. The van der Waals surface area contributed by atoms with Gasteiger partial charge in [-0.05, 0) is 92.3 Å². The highest BCUT2D eigenvalue weighted by atomic mass is 16.5. The summed E-state index contributed by atoms with van der Waals surface area (Å²) in [5.41, 5.74) is -1.86. The van der Waals surface area contributed by atoms with Gasteiger partial charge < -0.3 is 19.7 Å². The number of hydrogen-bond acceptors (Lipinski definition) is 6. The van der Waals surface area contributed by atoms with Crippen molar-refractivity contribution >= 4 is 11.9 Å². The van der Waals surface area contributed by atoms with Gasteiger partial charge in [0.25, 0.3) is 0 Å². The van der Waals surface area contributed by atoms with Crippen LogP contribution in [0.1, 0.15) is 98.8 Å². The monoisotopic (exact) mass is 464 g/mol. The van der Waals surface area contributed by atoms with Gasteiger partial charge in [-0.25, -0.2) is 0 Å². The molecule has 4 aliphatic rings. The lowest BCUT2D eigenvalue weighted by molar-refractivity contribution is -0.251. The molecular formula is C27H44O6. The summed E-state index contributed by atoms with van der Waals surface area (Å²) < 4.78 is 10.7. The van der Waals surface area contributed by atoms with Crippen molar-refractivity contribution in [2.45, 2.75) is 116 Å². The number of rotatable bonds is 5. The fourth-order valence-electron chi connectivity index (χ4n) is 9.08. The summed E-state index contributed by atoms with van der Waals surface area (Å²) in [5, 5.41) is 23.8. The number of ether oxygens (including phenoxy) is 2. The minimum atomic E-state index is -0.820. The molecule has 188 valence electrons. The molecule has 0 radical (unpaired) electrons. The van der Waals surface area contributed by atoms with Gasteiger partial charge in [-0.2, -0.15) is 0 Å². The second-order valence-electron chi connectivity index (χ2n) is 12.3. The van der Waals surface area contributed by atoms with Crippen LogP contribution in [-0.2, 0) is 19.1 Å². The molecule has 4 rings (SSSR count). The summed E-state index contributed by atoms with van der Waals surface area (Å²) in [6.07, 6.45) is 8.19. The van der Waals surface area contributed by atoms with Gasteiger partial charge in [-0.1, -0.05) is 20.8 Å². The van der Waals surface area contributed by atoms with E-state index in [2.05, 4.69) is 20.8 Å². The van der Waals surface area contributed by atoms with Gasteiger partial charge in [0.15, 0.2) is 0 Å². The first-order chi connectivity index (χ1) is 15.4. The zero-order valence-electron chi connectivity index (χ0n) is 21.2. The summed E-state index contributed by atoms with van der Waals surface area (Å²) in [6.45, 7) is 10.0. The zero-order valence-corrected chi connectivity index (χ0v) is 21.2. The van der Waals surface area contributed by atoms with Crippen molar-refractivity contribution in [2.75, 3.05) is 6.61 Å². The second kappa shape index (κ2) is 8.51. The minimum absolute atomic E-state index is 0.127. The van der Waals surface area contributed by atoms with E-state index < -0.39 is 11.2 Å². The van der Waals surface area contributed by atoms with Crippen LogP contribution in [0.25, 0.3) is 0 Å². The molecule has 0 aliphatic heterocycles. The lowest BCUT2D eigenvalue weighted by atomic mass is 9.41. The first-order valence-corrected chi connectivity index (χ1v) is 13.1. The molecule has 4 aliphatic carbocycles. The summed E-state index contributed by atoms with van der Waals surface area (Å²) >= 11 is 0. The summed E-state index contributed by atoms with van der Waals surface area (Å²) in [5.74, 6) is 0.974. The zero-order chi connectivity index (χ0) is 24.2. The molecule has 33 heavy (non-hydrogen) atoms. The quantitative estimate of drug-likeness (QED) is 0.463. The van der Waals surface area contributed by atoms with Crippen molar-refractivity contribution in [1.29, 1.82) is 0 Å². The molecule has 2 unspecified atom stereocenters. The molecule has 6 nitrogen and oxygen atoms in total. The maximum Gasteiger partial charge on any atom is 0.302 e. The molecule has 0 saturated heterocycles. The van der Waals surface area contributed by atoms with E-state index in [0.29, 0.717) is 43.6 Å². The molecule has 9 atom stereocenters. The Kier molecular flexibility index (Phi) is 6.44. The summed E-state index contributed by atoms with van der Waals surface area (Å²) in [6, 6.07) is 0. The van der Waals surface area contributed by atoms with E-state index in [0.717, 1.165) is 44.9 Å². The van der Waals surface area contributed by atoms with Crippen molar-refractivity contribution in [3.05, 3.63) is 0 Å². The fourth-order valence-corrected chi connectivity index (χ4v) is 9.08. The average Bonchev–Trinajstić information content (AvgIpc) is 2.99. The topological polar surface area (TPSA) is 93.1 Å². The lowest BCUT2D eigenvalue weighted by Crippen LogP contribution is -2.66. The van der Waals surface area contributed by atoms with Crippen LogP contribution in [-0.4, -0.2) is 46.1 Å². The standard InChI is InChI=1S/C27H44O6/c1-17-15-21-22-9-13-26(30,10-6-14-32-18(2)28)24(22,4)12-8-23(21)25(5)11-7-20(33-19(3)29)16-27(17,25)31/h17,20-23,30-31H,6-16H2,1-5H3/t17?,20?,21-,22-,23-,24-,25+,26-,27-/m0/s1. The molecule has 4 fully saturated rings. The van der Waals surface area contributed by atoms with Crippen LogP contribution in [0.2, 0.25) is 0 Å². The van der Waals surface area contributed by atoms with Crippen LogP contribution in [0.3, 0.4) is 0 Å². The lowest BCUT2D eigenvalue weighted by Gasteiger charge is -2.66. The molecule has 0 spiro atoms. The van der Waals surface area contributed by atoms with Crippen LogP contribution in [0, 0.1) is 34.5 Å². The molecule has 2 N–H and O–H groups in total. The number of hydrogen-bond donors (Lipinski definition) is 2. The van der Waals surface area contributed by atoms with Gasteiger partial charge in [-0.15, -0.1) is 0 Å². The van der Waals surface area contributed by atoms with Crippen molar-refractivity contribution in [2.24, 2.45) is 34.5 Å². The highest BCUT2D eigenvalue weighted by molar-refractivity contribution is 5.66. The van der Waals surface area contributed by atoms with E-state index in [1.165, 1.54) is 13.8 Å². The van der Waals surface area contributed by atoms with E-state index in [4.69, 9.17) is 9.47 Å². The van der Waals surface area contributed by atoms with Gasteiger partial charge in [0.2, 0.25) is 0 Å². The van der Waals surface area contributed by atoms with Gasteiger partial charge in [-0.3, -0.25) is 9.59 Å². The van der Waals surface area contributed by atoms with Crippen molar-refractivity contribution in [1.82, 2.24) is 0 Å². The Labute approximate surface area is 198 Å². The molecule has 0 amide bonds. The summed E-state index contributed by atoms with van der Waals surface area (Å²) in [7, 11) is 0. The van der Waals surface area contributed by atoms with E-state index in [9.17, 15) is 19.8 Å². The Morgan fingerprint density at radius 2 is 1.58 bits per heavy atom. The Bertz CT molecular complexity index is 783. The van der Waals surface area contributed by atoms with Crippen LogP contribution >= 0.6 is 0 Å². The third-order valence-electron chi connectivity index (χ3n) is 10.9. The number of fused-ring (bicyclic) bond motifs is 5. The fraction of sp³-hybridized carbons (Fsp3) is 0.926. The highest BCUT2D eigenvalue weighted by Crippen LogP contribution is 2.70. The summed E-state index contributed by atoms with van der Waals surface area (Å²) in [4.78, 5) is 22.7. The predicted octanol–water partition coefficient (Wildman–Crippen LogP) is 4.40. The number of esters is 2. The third kappa shape index (κ3) is 3.84. The molecule has 6 heteroatoms. The largest absolute Gasteiger partial charge is 0.466 e. The van der Waals surface area contributed by atoms with E-state index in [1.54, 1.807) is 0 Å². The SMILES string of the molecule is CC(=O)OCCC[C@]1(O)CC[C@H]2[C@@H]3CC(C)[C@@]4(O)CC(OC(C)=O)CC[C@]4(C)[C@H]3CC[C@@]21C. The molecule has 0 aromatic heterocycles. The van der Waals surface area contributed by atoms with E-state index in [-0.39, 0.29) is 34.8 Å². The molecule has 0 aromatic rings. The Balaban J connectivity index is 1.53.